The molecule has 0 aliphatic rings. The minimum atomic E-state index is -0.368. The second-order valence-electron chi connectivity index (χ2n) is 7.27. The van der Waals surface area contributed by atoms with E-state index in [-0.39, 0.29) is 16.9 Å². The summed E-state index contributed by atoms with van der Waals surface area (Å²) in [5.41, 5.74) is 2.59. The van der Waals surface area contributed by atoms with Gasteiger partial charge in [-0.15, -0.1) is 0 Å². The molecule has 3 aromatic carbocycles. The van der Waals surface area contributed by atoms with Gasteiger partial charge in [0.15, 0.2) is 5.11 Å². The lowest BCUT2D eigenvalue weighted by Gasteiger charge is -2.16. The van der Waals surface area contributed by atoms with Crippen molar-refractivity contribution in [1.29, 1.82) is 0 Å². The van der Waals surface area contributed by atoms with Crippen LogP contribution in [0.15, 0.2) is 78.9 Å². The molecule has 164 valence electrons. The Bertz CT molecular complexity index is 1100. The number of carbonyl (C=O) groups excluding carboxylic acids is 2. The summed E-state index contributed by atoms with van der Waals surface area (Å²) in [6, 6.07) is 24.0. The molecule has 0 bridgehead atoms. The van der Waals surface area contributed by atoms with Gasteiger partial charge >= 0.3 is 0 Å². The summed E-state index contributed by atoms with van der Waals surface area (Å²) < 4.78 is 5.80. The summed E-state index contributed by atoms with van der Waals surface area (Å²) >= 11 is 5.28. The van der Waals surface area contributed by atoms with E-state index in [2.05, 4.69) is 10.6 Å². The first-order valence-corrected chi connectivity index (χ1v) is 10.5. The molecular formula is C25H25N3O3S. The number of anilines is 1. The Morgan fingerprint density at radius 3 is 2.41 bits per heavy atom. The molecule has 7 heteroatoms. The topological polar surface area (TPSA) is 70.7 Å². The Morgan fingerprint density at radius 1 is 0.938 bits per heavy atom. The molecule has 2 N–H and O–H groups in total. The number of nitrogens with one attached hydrogen (secondary N) is 2. The molecule has 0 saturated carbocycles. The van der Waals surface area contributed by atoms with E-state index < -0.39 is 0 Å². The summed E-state index contributed by atoms with van der Waals surface area (Å²) in [5.74, 6) is 0.0735. The van der Waals surface area contributed by atoms with Crippen LogP contribution in [0.2, 0.25) is 0 Å². The maximum Gasteiger partial charge on any atom is 0.257 e. The number of amides is 2. The standard InChI is InChI=1S/C25H25N3O3S/c1-28(2)24(30)21-13-6-7-14-22(21)26-25(32)27-23(29)19-11-8-12-20(17-19)31-16-15-18-9-4-3-5-10-18/h3-14,17H,15-16H2,1-2H3,(H2,26,27,29,32). The predicted molar refractivity (Wildman–Crippen MR) is 130 cm³/mol. The van der Waals surface area contributed by atoms with Crippen LogP contribution < -0.4 is 15.4 Å². The number of thiocarbonyl (C=S) groups is 1. The smallest absolute Gasteiger partial charge is 0.257 e. The van der Waals surface area contributed by atoms with Crippen molar-refractivity contribution in [2.24, 2.45) is 0 Å². The molecule has 2 amide bonds. The Kier molecular flexibility index (Phi) is 7.94. The van der Waals surface area contributed by atoms with Gasteiger partial charge in [-0.3, -0.25) is 14.9 Å². The lowest BCUT2D eigenvalue weighted by Crippen LogP contribution is -2.35. The molecule has 0 fully saturated rings. The van der Waals surface area contributed by atoms with E-state index in [1.807, 2.05) is 30.3 Å². The fourth-order valence-electron chi connectivity index (χ4n) is 3.01. The maximum absolute atomic E-state index is 12.7. The van der Waals surface area contributed by atoms with Crippen molar-refractivity contribution in [3.63, 3.8) is 0 Å². The van der Waals surface area contributed by atoms with Gasteiger partial charge in [0.2, 0.25) is 0 Å². The third kappa shape index (κ3) is 6.39. The fraction of sp³-hybridized carbons (Fsp3) is 0.160. The summed E-state index contributed by atoms with van der Waals surface area (Å²) in [6.07, 6.45) is 0.774. The summed E-state index contributed by atoms with van der Waals surface area (Å²) in [5, 5.41) is 5.69. The largest absolute Gasteiger partial charge is 0.493 e. The quantitative estimate of drug-likeness (QED) is 0.533. The second-order valence-corrected chi connectivity index (χ2v) is 7.67. The van der Waals surface area contributed by atoms with Gasteiger partial charge in [-0.2, -0.15) is 0 Å². The number of nitrogens with zero attached hydrogens (tertiary/aromatic N) is 1. The number of hydrogen-bond acceptors (Lipinski definition) is 4. The van der Waals surface area contributed by atoms with Gasteiger partial charge in [-0.05, 0) is 48.1 Å². The van der Waals surface area contributed by atoms with Crippen molar-refractivity contribution in [2.75, 3.05) is 26.0 Å². The molecule has 0 aliphatic heterocycles. The van der Waals surface area contributed by atoms with E-state index in [0.29, 0.717) is 29.2 Å². The van der Waals surface area contributed by atoms with E-state index in [9.17, 15) is 9.59 Å². The highest BCUT2D eigenvalue weighted by Crippen LogP contribution is 2.17. The molecule has 0 atom stereocenters. The van der Waals surface area contributed by atoms with Crippen LogP contribution in [-0.4, -0.2) is 42.5 Å². The van der Waals surface area contributed by atoms with Gasteiger partial charge in [-0.1, -0.05) is 48.5 Å². The number of rotatable bonds is 7. The molecule has 0 spiro atoms. The van der Waals surface area contributed by atoms with Crippen molar-refractivity contribution in [3.05, 3.63) is 95.6 Å². The molecule has 3 rings (SSSR count). The Morgan fingerprint density at radius 2 is 1.66 bits per heavy atom. The normalized spacial score (nSPS) is 10.2. The predicted octanol–water partition coefficient (Wildman–Crippen LogP) is 4.14. The number of benzene rings is 3. The first-order valence-electron chi connectivity index (χ1n) is 10.1. The van der Waals surface area contributed by atoms with Crippen molar-refractivity contribution in [1.82, 2.24) is 10.2 Å². The average molecular weight is 448 g/mol. The van der Waals surface area contributed by atoms with Gasteiger partial charge in [0.25, 0.3) is 11.8 Å². The number of hydrogen-bond donors (Lipinski definition) is 2. The molecule has 0 heterocycles. The van der Waals surface area contributed by atoms with Crippen LogP contribution in [0.5, 0.6) is 5.75 Å². The molecule has 0 aromatic heterocycles. The van der Waals surface area contributed by atoms with Crippen LogP contribution in [0, 0.1) is 0 Å². The molecule has 32 heavy (non-hydrogen) atoms. The first kappa shape index (κ1) is 23.0. The molecule has 0 radical (unpaired) electrons. The summed E-state index contributed by atoms with van der Waals surface area (Å²) in [6.45, 7) is 0.506. The third-order valence-electron chi connectivity index (χ3n) is 4.64. The van der Waals surface area contributed by atoms with Gasteiger partial charge in [0, 0.05) is 26.1 Å². The van der Waals surface area contributed by atoms with Crippen LogP contribution in [0.3, 0.4) is 0 Å². The number of para-hydroxylation sites is 1. The van der Waals surface area contributed by atoms with Crippen LogP contribution in [0.1, 0.15) is 26.3 Å². The highest BCUT2D eigenvalue weighted by atomic mass is 32.1. The van der Waals surface area contributed by atoms with Crippen LogP contribution in [0.25, 0.3) is 0 Å². The number of carbonyl (C=O) groups is 2. The van der Waals surface area contributed by atoms with Crippen molar-refractivity contribution >= 4 is 34.8 Å². The van der Waals surface area contributed by atoms with E-state index in [4.69, 9.17) is 17.0 Å². The Labute approximate surface area is 193 Å². The number of ether oxygens (including phenoxy) is 1. The van der Waals surface area contributed by atoms with Gasteiger partial charge < -0.3 is 15.0 Å². The minimum Gasteiger partial charge on any atom is -0.493 e. The summed E-state index contributed by atoms with van der Waals surface area (Å²) in [4.78, 5) is 26.5. The highest BCUT2D eigenvalue weighted by Gasteiger charge is 2.15. The zero-order chi connectivity index (χ0) is 22.9. The molecule has 0 saturated heterocycles. The van der Waals surface area contributed by atoms with Crippen LogP contribution in [0.4, 0.5) is 5.69 Å². The van der Waals surface area contributed by atoms with Gasteiger partial charge in [0.05, 0.1) is 17.9 Å². The molecule has 0 unspecified atom stereocenters. The summed E-state index contributed by atoms with van der Waals surface area (Å²) in [7, 11) is 3.35. The van der Waals surface area contributed by atoms with Crippen molar-refractivity contribution in [3.8, 4) is 5.75 Å². The fourth-order valence-corrected chi connectivity index (χ4v) is 3.21. The van der Waals surface area contributed by atoms with Crippen molar-refractivity contribution in [2.45, 2.75) is 6.42 Å². The van der Waals surface area contributed by atoms with Crippen LogP contribution in [-0.2, 0) is 6.42 Å². The zero-order valence-corrected chi connectivity index (χ0v) is 18.8. The first-order chi connectivity index (χ1) is 15.4. The SMILES string of the molecule is CN(C)C(=O)c1ccccc1NC(=S)NC(=O)c1cccc(OCCc2ccccc2)c1. The van der Waals surface area contributed by atoms with Gasteiger partial charge in [-0.25, -0.2) is 0 Å². The zero-order valence-electron chi connectivity index (χ0n) is 18.0. The van der Waals surface area contributed by atoms with E-state index in [0.717, 1.165) is 6.42 Å². The lowest BCUT2D eigenvalue weighted by molar-refractivity contribution is 0.0828. The third-order valence-corrected chi connectivity index (χ3v) is 4.84. The van der Waals surface area contributed by atoms with E-state index in [1.54, 1.807) is 62.6 Å². The second kappa shape index (κ2) is 11.1. The van der Waals surface area contributed by atoms with E-state index >= 15 is 0 Å². The molecule has 3 aromatic rings. The molecular weight excluding hydrogens is 422 g/mol. The van der Waals surface area contributed by atoms with Crippen molar-refractivity contribution < 1.29 is 14.3 Å². The Balaban J connectivity index is 1.58. The minimum absolute atomic E-state index is 0.101. The average Bonchev–Trinajstić information content (AvgIpc) is 2.79. The maximum atomic E-state index is 12.7. The molecule has 0 aliphatic carbocycles. The molecule has 6 nitrogen and oxygen atoms in total. The van der Waals surface area contributed by atoms with Crippen LogP contribution >= 0.6 is 12.2 Å². The Hall–Kier alpha value is -3.71. The monoisotopic (exact) mass is 447 g/mol. The lowest BCUT2D eigenvalue weighted by atomic mass is 10.1. The van der Waals surface area contributed by atoms with E-state index in [1.165, 1.54) is 10.5 Å². The highest BCUT2D eigenvalue weighted by molar-refractivity contribution is 7.80. The van der Waals surface area contributed by atoms with Gasteiger partial charge in [0.1, 0.15) is 5.75 Å².